The molecule has 0 aliphatic heterocycles. The van der Waals surface area contributed by atoms with Crippen LogP contribution in [-0.4, -0.2) is 5.91 Å². The van der Waals surface area contributed by atoms with Crippen molar-refractivity contribution >= 4 is 16.9 Å². The molecule has 3 aromatic rings. The van der Waals surface area contributed by atoms with Gasteiger partial charge in [0.15, 0.2) is 5.76 Å². The number of furan rings is 1. The van der Waals surface area contributed by atoms with E-state index in [2.05, 4.69) is 5.32 Å². The van der Waals surface area contributed by atoms with Crippen LogP contribution >= 0.6 is 0 Å². The van der Waals surface area contributed by atoms with Crippen LogP contribution in [-0.2, 0) is 12.7 Å². The number of alkyl halides is 3. The van der Waals surface area contributed by atoms with E-state index in [1.54, 1.807) is 12.1 Å². The molecule has 0 saturated heterocycles. The molecule has 3 nitrogen and oxygen atoms in total. The van der Waals surface area contributed by atoms with E-state index in [1.807, 2.05) is 19.1 Å². The van der Waals surface area contributed by atoms with Gasteiger partial charge in [-0.1, -0.05) is 23.8 Å². The monoisotopic (exact) mass is 333 g/mol. The van der Waals surface area contributed by atoms with E-state index in [-0.39, 0.29) is 12.3 Å². The first-order chi connectivity index (χ1) is 11.3. The minimum Gasteiger partial charge on any atom is -0.451 e. The van der Waals surface area contributed by atoms with Crippen molar-refractivity contribution in [1.82, 2.24) is 5.32 Å². The Labute approximate surface area is 136 Å². The van der Waals surface area contributed by atoms with E-state index in [0.717, 1.165) is 23.1 Å². The Morgan fingerprint density at radius 3 is 2.46 bits per heavy atom. The van der Waals surface area contributed by atoms with Crippen LogP contribution < -0.4 is 5.32 Å². The summed E-state index contributed by atoms with van der Waals surface area (Å²) in [6, 6.07) is 11.9. The highest BCUT2D eigenvalue weighted by molar-refractivity contribution is 5.96. The number of hydrogen-bond donors (Lipinski definition) is 1. The van der Waals surface area contributed by atoms with Crippen LogP contribution in [0.15, 0.2) is 52.9 Å². The highest BCUT2D eigenvalue weighted by Crippen LogP contribution is 2.29. The third kappa shape index (κ3) is 3.42. The largest absolute Gasteiger partial charge is 0.451 e. The second-order valence-electron chi connectivity index (χ2n) is 5.53. The topological polar surface area (TPSA) is 42.2 Å². The predicted octanol–water partition coefficient (Wildman–Crippen LogP) is 4.69. The second kappa shape index (κ2) is 6.03. The molecule has 124 valence electrons. The maximum absolute atomic E-state index is 12.5. The number of nitrogens with one attached hydrogen (secondary N) is 1. The number of carbonyl (C=O) groups excluding carboxylic acids is 1. The van der Waals surface area contributed by atoms with Crippen molar-refractivity contribution in [2.24, 2.45) is 0 Å². The number of halogens is 3. The van der Waals surface area contributed by atoms with Gasteiger partial charge in [-0.2, -0.15) is 13.2 Å². The van der Waals surface area contributed by atoms with Gasteiger partial charge in [-0.15, -0.1) is 0 Å². The molecule has 6 heteroatoms. The minimum absolute atomic E-state index is 0.118. The van der Waals surface area contributed by atoms with Gasteiger partial charge in [-0.05, 0) is 42.8 Å². The van der Waals surface area contributed by atoms with Gasteiger partial charge in [-0.25, -0.2) is 0 Å². The van der Waals surface area contributed by atoms with Crippen molar-refractivity contribution in [2.75, 3.05) is 0 Å². The lowest BCUT2D eigenvalue weighted by atomic mass is 10.1. The van der Waals surface area contributed by atoms with Crippen LogP contribution in [0.4, 0.5) is 13.2 Å². The summed E-state index contributed by atoms with van der Waals surface area (Å²) in [5.74, 6) is -0.244. The number of amides is 1. The average Bonchev–Trinajstić information content (AvgIpc) is 2.95. The quantitative estimate of drug-likeness (QED) is 0.755. The molecule has 0 radical (unpaired) electrons. The fourth-order valence-electron chi connectivity index (χ4n) is 2.36. The van der Waals surface area contributed by atoms with Gasteiger partial charge in [0, 0.05) is 11.9 Å². The molecule has 0 aliphatic rings. The van der Waals surface area contributed by atoms with Gasteiger partial charge in [0.05, 0.1) is 5.56 Å². The number of fused-ring (bicyclic) bond motifs is 1. The Morgan fingerprint density at radius 2 is 1.79 bits per heavy atom. The van der Waals surface area contributed by atoms with Crippen LogP contribution in [0, 0.1) is 6.92 Å². The lowest BCUT2D eigenvalue weighted by molar-refractivity contribution is -0.137. The standard InChI is InChI=1S/C18H14F3NO2/c1-11-2-7-15-13(8-11)9-16(24-15)17(23)22-10-12-3-5-14(6-4-12)18(19,20)21/h2-9H,10H2,1H3,(H,22,23). The van der Waals surface area contributed by atoms with Crippen LogP contribution in [0.5, 0.6) is 0 Å². The van der Waals surface area contributed by atoms with Gasteiger partial charge in [0.1, 0.15) is 5.58 Å². The van der Waals surface area contributed by atoms with Crippen molar-refractivity contribution in [3.63, 3.8) is 0 Å². The van der Waals surface area contributed by atoms with Crippen LogP contribution in [0.1, 0.15) is 27.2 Å². The summed E-state index contributed by atoms with van der Waals surface area (Å²) in [4.78, 5) is 12.1. The molecule has 1 aromatic heterocycles. The Kier molecular flexibility index (Phi) is 4.05. The van der Waals surface area contributed by atoms with E-state index in [0.29, 0.717) is 11.1 Å². The Morgan fingerprint density at radius 1 is 1.08 bits per heavy atom. The third-order valence-corrected chi connectivity index (χ3v) is 3.63. The first kappa shape index (κ1) is 16.1. The highest BCUT2D eigenvalue weighted by atomic mass is 19.4. The molecule has 3 rings (SSSR count). The summed E-state index contributed by atoms with van der Waals surface area (Å²) >= 11 is 0. The van der Waals surface area contributed by atoms with Crippen LogP contribution in [0.3, 0.4) is 0 Å². The summed E-state index contributed by atoms with van der Waals surface area (Å²) in [6.07, 6.45) is -4.37. The zero-order valence-corrected chi connectivity index (χ0v) is 12.8. The first-order valence-electron chi connectivity index (χ1n) is 7.27. The molecular weight excluding hydrogens is 319 g/mol. The molecule has 2 aromatic carbocycles. The number of rotatable bonds is 3. The van der Waals surface area contributed by atoms with Crippen molar-refractivity contribution < 1.29 is 22.4 Å². The zero-order chi connectivity index (χ0) is 17.3. The van der Waals surface area contributed by atoms with Gasteiger partial charge in [0.25, 0.3) is 5.91 Å². The molecule has 1 amide bonds. The van der Waals surface area contributed by atoms with Crippen molar-refractivity contribution in [3.8, 4) is 0 Å². The number of benzene rings is 2. The molecule has 0 saturated carbocycles. The maximum atomic E-state index is 12.5. The average molecular weight is 333 g/mol. The molecular formula is C18H14F3NO2. The molecule has 1 N–H and O–H groups in total. The summed E-state index contributed by atoms with van der Waals surface area (Å²) in [5, 5.41) is 3.46. The lowest BCUT2D eigenvalue weighted by Gasteiger charge is -2.08. The van der Waals surface area contributed by atoms with Gasteiger partial charge in [0.2, 0.25) is 0 Å². The fraction of sp³-hybridized carbons (Fsp3) is 0.167. The Hall–Kier alpha value is -2.76. The number of aryl methyl sites for hydroxylation is 1. The lowest BCUT2D eigenvalue weighted by Crippen LogP contribution is -2.22. The zero-order valence-electron chi connectivity index (χ0n) is 12.8. The Balaban J connectivity index is 1.68. The normalized spacial score (nSPS) is 11.7. The molecule has 0 atom stereocenters. The van der Waals surface area contributed by atoms with Gasteiger partial charge < -0.3 is 9.73 Å². The smallest absolute Gasteiger partial charge is 0.416 e. The summed E-state index contributed by atoms with van der Waals surface area (Å²) < 4.78 is 43.0. The summed E-state index contributed by atoms with van der Waals surface area (Å²) in [7, 11) is 0. The van der Waals surface area contributed by atoms with Crippen molar-refractivity contribution in [1.29, 1.82) is 0 Å². The first-order valence-corrected chi connectivity index (χ1v) is 7.27. The SMILES string of the molecule is Cc1ccc2oc(C(=O)NCc3ccc(C(F)(F)F)cc3)cc2c1. The minimum atomic E-state index is -4.37. The maximum Gasteiger partial charge on any atom is 0.416 e. The molecule has 0 aliphatic carbocycles. The van der Waals surface area contributed by atoms with Crippen LogP contribution in [0.2, 0.25) is 0 Å². The molecule has 24 heavy (non-hydrogen) atoms. The second-order valence-corrected chi connectivity index (χ2v) is 5.53. The van der Waals surface area contributed by atoms with E-state index >= 15 is 0 Å². The fourth-order valence-corrected chi connectivity index (χ4v) is 2.36. The molecule has 0 unspecified atom stereocenters. The van der Waals surface area contributed by atoms with Crippen molar-refractivity contribution in [3.05, 3.63) is 71.0 Å². The molecule has 0 bridgehead atoms. The molecule has 0 spiro atoms. The van der Waals surface area contributed by atoms with Crippen LogP contribution in [0.25, 0.3) is 11.0 Å². The van der Waals surface area contributed by atoms with E-state index in [9.17, 15) is 18.0 Å². The van der Waals surface area contributed by atoms with E-state index < -0.39 is 17.6 Å². The van der Waals surface area contributed by atoms with Gasteiger partial charge >= 0.3 is 6.18 Å². The number of carbonyl (C=O) groups is 1. The Bertz CT molecular complexity index is 879. The summed E-state index contributed by atoms with van der Waals surface area (Å²) in [5.41, 5.74) is 1.52. The van der Waals surface area contributed by atoms with E-state index in [4.69, 9.17) is 4.42 Å². The van der Waals surface area contributed by atoms with E-state index in [1.165, 1.54) is 12.1 Å². The van der Waals surface area contributed by atoms with Gasteiger partial charge in [-0.3, -0.25) is 4.79 Å². The third-order valence-electron chi connectivity index (χ3n) is 3.63. The highest BCUT2D eigenvalue weighted by Gasteiger charge is 2.29. The molecule has 1 heterocycles. The molecule has 0 fully saturated rings. The summed E-state index contributed by atoms with van der Waals surface area (Å²) in [6.45, 7) is 2.06. The number of hydrogen-bond acceptors (Lipinski definition) is 2. The van der Waals surface area contributed by atoms with Crippen molar-refractivity contribution in [2.45, 2.75) is 19.6 Å². The predicted molar refractivity (Wildman–Crippen MR) is 83.6 cm³/mol.